The highest BCUT2D eigenvalue weighted by Crippen LogP contribution is 2.27. The van der Waals surface area contributed by atoms with Crippen LogP contribution in [0.2, 0.25) is 0 Å². The van der Waals surface area contributed by atoms with Crippen LogP contribution in [-0.2, 0) is 0 Å². The third kappa shape index (κ3) is 2.74. The van der Waals surface area contributed by atoms with E-state index in [9.17, 15) is 9.18 Å². The van der Waals surface area contributed by atoms with Crippen molar-refractivity contribution in [2.45, 2.75) is 37.8 Å². The molecule has 1 amide bonds. The van der Waals surface area contributed by atoms with Crippen molar-refractivity contribution < 1.29 is 9.18 Å². The highest BCUT2D eigenvalue weighted by atomic mass is 79.9. The Bertz CT molecular complexity index is 523. The number of carbonyl (C=O) groups excluding carboxylic acids is 1. The number of benzene rings is 1. The number of halogens is 2. The van der Waals surface area contributed by atoms with Crippen molar-refractivity contribution in [3.05, 3.63) is 34.1 Å². The van der Waals surface area contributed by atoms with Gasteiger partial charge in [0.1, 0.15) is 5.82 Å². The molecule has 2 saturated heterocycles. The van der Waals surface area contributed by atoms with Gasteiger partial charge in [-0.25, -0.2) is 4.39 Å². The van der Waals surface area contributed by atoms with E-state index in [1.54, 1.807) is 12.1 Å². The van der Waals surface area contributed by atoms with Crippen molar-refractivity contribution >= 4 is 21.8 Å². The van der Waals surface area contributed by atoms with Crippen molar-refractivity contribution in [3.8, 4) is 0 Å². The summed E-state index contributed by atoms with van der Waals surface area (Å²) in [5, 5.41) is 3.05. The first-order valence-electron chi connectivity index (χ1n) is 7.14. The Morgan fingerprint density at radius 2 is 2.20 bits per heavy atom. The van der Waals surface area contributed by atoms with E-state index in [2.05, 4.69) is 26.1 Å². The van der Waals surface area contributed by atoms with E-state index in [1.807, 2.05) is 0 Å². The summed E-state index contributed by atoms with van der Waals surface area (Å²) in [5.74, 6) is -0.587. The van der Waals surface area contributed by atoms with Crippen LogP contribution in [0.1, 0.15) is 36.0 Å². The highest BCUT2D eigenvalue weighted by molar-refractivity contribution is 9.10. The molecular formula is C15H18BrFN2O. The van der Waals surface area contributed by atoms with Gasteiger partial charge in [-0.15, -0.1) is 0 Å². The molecule has 0 radical (unpaired) electrons. The summed E-state index contributed by atoms with van der Waals surface area (Å²) < 4.78 is 13.7. The van der Waals surface area contributed by atoms with Gasteiger partial charge in [-0.2, -0.15) is 0 Å². The average molecular weight is 341 g/mol. The number of amides is 1. The van der Waals surface area contributed by atoms with Gasteiger partial charge in [0.05, 0.1) is 10.0 Å². The van der Waals surface area contributed by atoms with E-state index in [4.69, 9.17) is 0 Å². The Kier molecular flexibility index (Phi) is 4.08. The first kappa shape index (κ1) is 14.0. The van der Waals surface area contributed by atoms with Crippen molar-refractivity contribution in [1.82, 2.24) is 10.2 Å². The predicted molar refractivity (Wildman–Crippen MR) is 79.2 cm³/mol. The van der Waals surface area contributed by atoms with Crippen LogP contribution >= 0.6 is 15.9 Å². The lowest BCUT2D eigenvalue weighted by Gasteiger charge is -2.35. The van der Waals surface area contributed by atoms with Crippen LogP contribution in [0.4, 0.5) is 4.39 Å². The fraction of sp³-hybridized carbons (Fsp3) is 0.533. The molecule has 0 saturated carbocycles. The number of piperidine rings is 1. The maximum atomic E-state index is 13.5. The van der Waals surface area contributed by atoms with Crippen molar-refractivity contribution in [2.24, 2.45) is 0 Å². The van der Waals surface area contributed by atoms with Crippen molar-refractivity contribution in [3.63, 3.8) is 0 Å². The molecule has 3 rings (SSSR count). The fourth-order valence-corrected chi connectivity index (χ4v) is 3.74. The minimum Gasteiger partial charge on any atom is -0.349 e. The van der Waals surface area contributed by atoms with E-state index in [0.29, 0.717) is 11.6 Å². The van der Waals surface area contributed by atoms with Crippen molar-refractivity contribution in [1.29, 1.82) is 0 Å². The summed E-state index contributed by atoms with van der Waals surface area (Å²) in [6, 6.07) is 5.38. The molecule has 1 N–H and O–H groups in total. The standard InChI is InChI=1S/C15H18BrFN2O/c16-14-12(4-1-5-13(14)17)15(20)18-10-6-8-19-7-2-3-11(19)9-10/h1,4-5,10-11H,2-3,6-9H2,(H,18,20). The topological polar surface area (TPSA) is 32.3 Å². The molecule has 1 aromatic carbocycles. The van der Waals surface area contributed by atoms with Crippen LogP contribution in [0.5, 0.6) is 0 Å². The molecule has 5 heteroatoms. The van der Waals surface area contributed by atoms with Gasteiger partial charge >= 0.3 is 0 Å². The molecule has 20 heavy (non-hydrogen) atoms. The lowest BCUT2D eigenvalue weighted by Crippen LogP contribution is -2.47. The number of nitrogens with one attached hydrogen (secondary N) is 1. The lowest BCUT2D eigenvalue weighted by molar-refractivity contribution is 0.0895. The average Bonchev–Trinajstić information content (AvgIpc) is 2.89. The second-order valence-electron chi connectivity index (χ2n) is 5.63. The van der Waals surface area contributed by atoms with E-state index in [-0.39, 0.29) is 16.4 Å². The summed E-state index contributed by atoms with van der Waals surface area (Å²) in [6.07, 6.45) is 4.49. The van der Waals surface area contributed by atoms with Gasteiger partial charge in [-0.05, 0) is 60.3 Å². The van der Waals surface area contributed by atoms with E-state index in [1.165, 1.54) is 25.5 Å². The van der Waals surface area contributed by atoms with Gasteiger partial charge in [-0.3, -0.25) is 4.79 Å². The maximum Gasteiger partial charge on any atom is 0.252 e. The van der Waals surface area contributed by atoms with Crippen LogP contribution in [0, 0.1) is 5.82 Å². The van der Waals surface area contributed by atoms with E-state index < -0.39 is 5.82 Å². The summed E-state index contributed by atoms with van der Waals surface area (Å²) in [5.41, 5.74) is 0.374. The molecule has 2 heterocycles. The largest absolute Gasteiger partial charge is 0.349 e. The Morgan fingerprint density at radius 1 is 1.35 bits per heavy atom. The summed E-state index contributed by atoms with van der Waals surface area (Å²) >= 11 is 3.15. The molecule has 3 nitrogen and oxygen atoms in total. The lowest BCUT2D eigenvalue weighted by atomic mass is 9.97. The monoisotopic (exact) mass is 340 g/mol. The van der Waals surface area contributed by atoms with E-state index in [0.717, 1.165) is 19.4 Å². The molecule has 2 aliphatic rings. The fourth-order valence-electron chi connectivity index (χ4n) is 3.30. The highest BCUT2D eigenvalue weighted by Gasteiger charge is 2.32. The Balaban J connectivity index is 1.65. The second-order valence-corrected chi connectivity index (χ2v) is 6.42. The number of fused-ring (bicyclic) bond motifs is 1. The first-order chi connectivity index (χ1) is 9.65. The molecule has 108 valence electrons. The molecular weight excluding hydrogens is 323 g/mol. The van der Waals surface area contributed by atoms with Gasteiger partial charge in [0.2, 0.25) is 0 Å². The van der Waals surface area contributed by atoms with Crippen LogP contribution in [0.25, 0.3) is 0 Å². The Hall–Kier alpha value is -0.940. The molecule has 0 bridgehead atoms. The van der Waals surface area contributed by atoms with Crippen molar-refractivity contribution in [2.75, 3.05) is 13.1 Å². The molecule has 0 spiro atoms. The molecule has 0 aliphatic carbocycles. The zero-order valence-corrected chi connectivity index (χ0v) is 12.8. The van der Waals surface area contributed by atoms with Gasteiger partial charge in [0.15, 0.2) is 0 Å². The molecule has 1 aromatic rings. The van der Waals surface area contributed by atoms with E-state index >= 15 is 0 Å². The summed E-state index contributed by atoms with van der Waals surface area (Å²) in [4.78, 5) is 14.8. The third-order valence-corrected chi connectivity index (χ3v) is 5.16. The van der Waals surface area contributed by atoms with Gasteiger partial charge in [0.25, 0.3) is 5.91 Å². The zero-order chi connectivity index (χ0) is 14.1. The van der Waals surface area contributed by atoms with Crippen LogP contribution < -0.4 is 5.32 Å². The smallest absolute Gasteiger partial charge is 0.252 e. The number of carbonyl (C=O) groups is 1. The summed E-state index contributed by atoms with van der Waals surface area (Å²) in [6.45, 7) is 2.25. The third-order valence-electron chi connectivity index (χ3n) is 4.35. The molecule has 2 atom stereocenters. The zero-order valence-electron chi connectivity index (χ0n) is 11.2. The predicted octanol–water partition coefficient (Wildman–Crippen LogP) is 2.94. The summed E-state index contributed by atoms with van der Waals surface area (Å²) in [7, 11) is 0. The number of nitrogens with zero attached hydrogens (tertiary/aromatic N) is 1. The Morgan fingerprint density at radius 3 is 3.05 bits per heavy atom. The second kappa shape index (κ2) is 5.82. The number of hydrogen-bond acceptors (Lipinski definition) is 2. The normalized spacial score (nSPS) is 26.3. The quantitative estimate of drug-likeness (QED) is 0.897. The minimum atomic E-state index is -0.400. The SMILES string of the molecule is O=C(NC1CCN2CCCC2C1)c1cccc(F)c1Br. The molecule has 0 aromatic heterocycles. The van der Waals surface area contributed by atoms with Gasteiger partial charge in [-0.1, -0.05) is 6.07 Å². The first-order valence-corrected chi connectivity index (χ1v) is 7.93. The number of hydrogen-bond donors (Lipinski definition) is 1. The maximum absolute atomic E-state index is 13.5. The van der Waals surface area contributed by atoms with Crippen LogP contribution in [-0.4, -0.2) is 36.0 Å². The number of rotatable bonds is 2. The van der Waals surface area contributed by atoms with Gasteiger partial charge < -0.3 is 10.2 Å². The molecule has 2 fully saturated rings. The Labute approximate surface area is 126 Å². The van der Waals surface area contributed by atoms with Crippen LogP contribution in [0.15, 0.2) is 22.7 Å². The molecule has 2 aliphatic heterocycles. The van der Waals surface area contributed by atoms with Crippen LogP contribution in [0.3, 0.4) is 0 Å². The molecule has 2 unspecified atom stereocenters. The van der Waals surface area contributed by atoms with Gasteiger partial charge in [0, 0.05) is 18.6 Å². The minimum absolute atomic E-state index is 0.187.